The highest BCUT2D eigenvalue weighted by molar-refractivity contribution is 7.89. The second-order valence-electron chi connectivity index (χ2n) is 4.77. The Kier molecular flexibility index (Phi) is 4.20. The SMILES string of the molecule is N#CC1CCCC1NS(=O)(=O)c1ccc([N+](=O)[O-])cc1F. The minimum absolute atomic E-state index is 0.444. The summed E-state index contributed by atoms with van der Waals surface area (Å²) in [5, 5.41) is 19.4. The Morgan fingerprint density at radius 3 is 2.71 bits per heavy atom. The van der Waals surface area contributed by atoms with Crippen molar-refractivity contribution >= 4 is 15.7 Å². The van der Waals surface area contributed by atoms with Gasteiger partial charge in [-0.25, -0.2) is 17.5 Å². The first-order valence-electron chi connectivity index (χ1n) is 6.21. The smallest absolute Gasteiger partial charge is 0.258 e. The van der Waals surface area contributed by atoms with Crippen LogP contribution in [0.4, 0.5) is 10.1 Å². The summed E-state index contributed by atoms with van der Waals surface area (Å²) in [5.74, 6) is -1.64. The number of rotatable bonds is 4. The van der Waals surface area contributed by atoms with Crippen LogP contribution in [0.25, 0.3) is 0 Å². The molecule has 0 bridgehead atoms. The second kappa shape index (κ2) is 5.75. The summed E-state index contributed by atoms with van der Waals surface area (Å²) < 4.78 is 40.3. The van der Waals surface area contributed by atoms with Crippen molar-refractivity contribution in [2.75, 3.05) is 0 Å². The molecular weight excluding hydrogens is 301 g/mol. The number of nitriles is 1. The minimum Gasteiger partial charge on any atom is -0.258 e. The normalized spacial score (nSPS) is 21.9. The van der Waals surface area contributed by atoms with Crippen molar-refractivity contribution in [3.63, 3.8) is 0 Å². The molecule has 1 aliphatic rings. The van der Waals surface area contributed by atoms with Crippen LogP contribution in [0.2, 0.25) is 0 Å². The Balaban J connectivity index is 2.28. The molecule has 1 saturated carbocycles. The molecule has 1 N–H and O–H groups in total. The third kappa shape index (κ3) is 3.17. The summed E-state index contributed by atoms with van der Waals surface area (Å²) in [6.07, 6.45) is 1.81. The molecule has 0 amide bonds. The predicted molar refractivity (Wildman–Crippen MR) is 70.1 cm³/mol. The molecule has 0 aromatic heterocycles. The quantitative estimate of drug-likeness (QED) is 0.671. The Labute approximate surface area is 120 Å². The van der Waals surface area contributed by atoms with Gasteiger partial charge in [0.1, 0.15) is 10.7 Å². The Bertz CT molecular complexity index is 714. The molecule has 1 aliphatic carbocycles. The molecular formula is C12H12FN3O4S. The van der Waals surface area contributed by atoms with E-state index in [4.69, 9.17) is 5.26 Å². The highest BCUT2D eigenvalue weighted by Gasteiger charge is 2.32. The Hall–Kier alpha value is -2.05. The molecule has 0 spiro atoms. The molecule has 0 aliphatic heterocycles. The molecule has 9 heteroatoms. The van der Waals surface area contributed by atoms with E-state index in [0.717, 1.165) is 12.1 Å². The molecule has 1 aromatic rings. The lowest BCUT2D eigenvalue weighted by atomic mass is 10.1. The van der Waals surface area contributed by atoms with Crippen LogP contribution in [-0.2, 0) is 10.0 Å². The molecule has 0 saturated heterocycles. The number of non-ortho nitro benzene ring substituents is 1. The van der Waals surface area contributed by atoms with Crippen LogP contribution < -0.4 is 4.72 Å². The predicted octanol–water partition coefficient (Wildman–Crippen LogP) is 1.70. The highest BCUT2D eigenvalue weighted by atomic mass is 32.2. The van der Waals surface area contributed by atoms with Gasteiger partial charge >= 0.3 is 0 Å². The van der Waals surface area contributed by atoms with Crippen molar-refractivity contribution in [2.45, 2.75) is 30.2 Å². The number of halogens is 1. The average Bonchev–Trinajstić information content (AvgIpc) is 2.84. The van der Waals surface area contributed by atoms with Gasteiger partial charge in [-0.2, -0.15) is 5.26 Å². The molecule has 1 aromatic carbocycles. The number of hydrogen-bond acceptors (Lipinski definition) is 5. The maximum atomic E-state index is 13.8. The van der Waals surface area contributed by atoms with Gasteiger partial charge in [0.25, 0.3) is 5.69 Å². The van der Waals surface area contributed by atoms with Crippen LogP contribution in [0, 0.1) is 33.2 Å². The molecule has 21 heavy (non-hydrogen) atoms. The topological polar surface area (TPSA) is 113 Å². The first-order chi connectivity index (χ1) is 9.85. The zero-order valence-electron chi connectivity index (χ0n) is 10.8. The second-order valence-corrected chi connectivity index (χ2v) is 6.45. The van der Waals surface area contributed by atoms with E-state index in [1.807, 2.05) is 6.07 Å². The van der Waals surface area contributed by atoms with Gasteiger partial charge in [-0.05, 0) is 18.9 Å². The number of nitrogens with one attached hydrogen (secondary N) is 1. The van der Waals surface area contributed by atoms with Crippen LogP contribution in [0.1, 0.15) is 19.3 Å². The molecule has 0 heterocycles. The highest BCUT2D eigenvalue weighted by Crippen LogP contribution is 2.27. The van der Waals surface area contributed by atoms with Gasteiger partial charge in [-0.1, -0.05) is 6.42 Å². The third-order valence-electron chi connectivity index (χ3n) is 3.40. The maximum absolute atomic E-state index is 13.8. The average molecular weight is 313 g/mol. The van der Waals surface area contributed by atoms with Gasteiger partial charge in [-0.15, -0.1) is 0 Å². The lowest BCUT2D eigenvalue weighted by Crippen LogP contribution is -2.37. The van der Waals surface area contributed by atoms with Crippen molar-refractivity contribution in [3.05, 3.63) is 34.1 Å². The summed E-state index contributed by atoms with van der Waals surface area (Å²) in [5.41, 5.74) is -0.526. The van der Waals surface area contributed by atoms with Gasteiger partial charge in [0.15, 0.2) is 0 Å². The third-order valence-corrected chi connectivity index (χ3v) is 4.93. The monoisotopic (exact) mass is 313 g/mol. The van der Waals surface area contributed by atoms with Crippen molar-refractivity contribution in [1.29, 1.82) is 5.26 Å². The maximum Gasteiger partial charge on any atom is 0.272 e. The largest absolute Gasteiger partial charge is 0.272 e. The van der Waals surface area contributed by atoms with Gasteiger partial charge in [0.2, 0.25) is 10.0 Å². The zero-order valence-corrected chi connectivity index (χ0v) is 11.6. The van der Waals surface area contributed by atoms with E-state index in [2.05, 4.69) is 4.72 Å². The summed E-state index contributed by atoms with van der Waals surface area (Å²) in [4.78, 5) is 9.05. The van der Waals surface area contributed by atoms with E-state index in [1.54, 1.807) is 0 Å². The van der Waals surface area contributed by atoms with Crippen LogP contribution >= 0.6 is 0 Å². The van der Waals surface area contributed by atoms with Crippen molar-refractivity contribution < 1.29 is 17.7 Å². The van der Waals surface area contributed by atoms with Gasteiger partial charge in [0.05, 0.1) is 23.0 Å². The van der Waals surface area contributed by atoms with E-state index < -0.39 is 43.3 Å². The fourth-order valence-electron chi connectivity index (χ4n) is 2.34. The molecule has 1 fully saturated rings. The van der Waals surface area contributed by atoms with E-state index in [-0.39, 0.29) is 0 Å². The van der Waals surface area contributed by atoms with Crippen LogP contribution in [-0.4, -0.2) is 19.4 Å². The molecule has 112 valence electrons. The van der Waals surface area contributed by atoms with Crippen LogP contribution in [0.3, 0.4) is 0 Å². The molecule has 2 rings (SSSR count). The first kappa shape index (κ1) is 15.3. The number of nitrogens with zero attached hydrogens (tertiary/aromatic N) is 2. The Morgan fingerprint density at radius 1 is 1.43 bits per heavy atom. The zero-order chi connectivity index (χ0) is 15.6. The number of nitro benzene ring substituents is 1. The summed E-state index contributed by atoms with van der Waals surface area (Å²) in [6.45, 7) is 0. The molecule has 7 nitrogen and oxygen atoms in total. The molecule has 2 unspecified atom stereocenters. The first-order valence-corrected chi connectivity index (χ1v) is 7.69. The lowest BCUT2D eigenvalue weighted by molar-refractivity contribution is -0.385. The Morgan fingerprint density at radius 2 is 2.14 bits per heavy atom. The van der Waals surface area contributed by atoms with E-state index in [9.17, 15) is 22.9 Å². The van der Waals surface area contributed by atoms with Crippen molar-refractivity contribution in [2.24, 2.45) is 5.92 Å². The summed E-state index contributed by atoms with van der Waals surface area (Å²) >= 11 is 0. The number of nitro groups is 1. The number of hydrogen-bond donors (Lipinski definition) is 1. The summed E-state index contributed by atoms with van der Waals surface area (Å²) in [7, 11) is -4.16. The van der Waals surface area contributed by atoms with E-state index >= 15 is 0 Å². The number of sulfonamides is 1. The summed E-state index contributed by atoms with van der Waals surface area (Å²) in [6, 6.07) is 3.79. The lowest BCUT2D eigenvalue weighted by Gasteiger charge is -2.16. The fraction of sp³-hybridized carbons (Fsp3) is 0.417. The minimum atomic E-state index is -4.16. The van der Waals surface area contributed by atoms with Crippen LogP contribution in [0.15, 0.2) is 23.1 Å². The van der Waals surface area contributed by atoms with Gasteiger partial charge in [0, 0.05) is 12.1 Å². The van der Waals surface area contributed by atoms with E-state index in [1.165, 1.54) is 0 Å². The fourth-order valence-corrected chi connectivity index (χ4v) is 3.71. The number of benzene rings is 1. The molecule has 0 radical (unpaired) electrons. The van der Waals surface area contributed by atoms with Crippen molar-refractivity contribution in [1.82, 2.24) is 4.72 Å². The van der Waals surface area contributed by atoms with Gasteiger partial charge < -0.3 is 0 Å². The van der Waals surface area contributed by atoms with E-state index in [0.29, 0.717) is 25.3 Å². The van der Waals surface area contributed by atoms with Crippen molar-refractivity contribution in [3.8, 4) is 6.07 Å². The molecule has 2 atom stereocenters. The standard InChI is InChI=1S/C12H12FN3O4S/c13-10-6-9(16(17)18)4-5-12(10)21(19,20)15-11-3-1-2-8(11)7-14/h4-6,8,11,15H,1-3H2. The van der Waals surface area contributed by atoms with Gasteiger partial charge in [-0.3, -0.25) is 10.1 Å². The van der Waals surface area contributed by atoms with Crippen LogP contribution in [0.5, 0.6) is 0 Å².